The van der Waals surface area contributed by atoms with Crippen molar-refractivity contribution in [1.29, 1.82) is 0 Å². The van der Waals surface area contributed by atoms with Crippen LogP contribution in [0.5, 0.6) is 0 Å². The van der Waals surface area contributed by atoms with Gasteiger partial charge in [0.15, 0.2) is 0 Å². The second-order valence-electron chi connectivity index (χ2n) is 2.28. The van der Waals surface area contributed by atoms with E-state index < -0.39 is 7.60 Å². The number of hydrogen-bond acceptors (Lipinski definition) is 1. The molecule has 0 aromatic rings. The zero-order valence-corrected chi connectivity index (χ0v) is 9.98. The van der Waals surface area contributed by atoms with Gasteiger partial charge in [0.05, 0.1) is 0 Å². The molecule has 3 nitrogen and oxygen atoms in total. The van der Waals surface area contributed by atoms with Gasteiger partial charge in [-0.05, 0) is 12.8 Å². The molecule has 6 heteroatoms. The monoisotopic (exact) mass is 308 g/mol. The van der Waals surface area contributed by atoms with E-state index in [-0.39, 0.29) is 6.16 Å². The van der Waals surface area contributed by atoms with Crippen molar-refractivity contribution in [3.8, 4) is 0 Å². The van der Waals surface area contributed by atoms with Gasteiger partial charge in [-0.1, -0.05) is 31.9 Å². The molecule has 0 heterocycles. The summed E-state index contributed by atoms with van der Waals surface area (Å²) in [5, 5.41) is 0.814. The van der Waals surface area contributed by atoms with Crippen molar-refractivity contribution < 1.29 is 14.4 Å². The van der Waals surface area contributed by atoms with Crippen LogP contribution in [0.2, 0.25) is 0 Å². The van der Waals surface area contributed by atoms with Crippen molar-refractivity contribution in [3.05, 3.63) is 0 Å². The third-order valence-electron chi connectivity index (χ3n) is 1.13. The molecular formula is C5H11Br2O3P. The molecular weight excluding hydrogens is 299 g/mol. The summed E-state index contributed by atoms with van der Waals surface area (Å²) in [6.45, 7) is 0. The average Bonchev–Trinajstić information content (AvgIpc) is 1.85. The maximum absolute atomic E-state index is 10.4. The Labute approximate surface area is 83.0 Å². The van der Waals surface area contributed by atoms with Crippen molar-refractivity contribution in [2.75, 3.05) is 11.5 Å². The van der Waals surface area contributed by atoms with E-state index in [9.17, 15) is 4.57 Å². The first-order valence-corrected chi connectivity index (χ1v) is 7.04. The van der Waals surface area contributed by atoms with Gasteiger partial charge < -0.3 is 9.79 Å². The summed E-state index contributed by atoms with van der Waals surface area (Å²) >= 11 is 6.60. The van der Waals surface area contributed by atoms with Crippen LogP contribution in [0.1, 0.15) is 12.8 Å². The zero-order valence-electron chi connectivity index (χ0n) is 5.91. The highest BCUT2D eigenvalue weighted by Gasteiger charge is 2.12. The molecule has 0 saturated heterocycles. The number of hydrogen-bond donors (Lipinski definition) is 2. The summed E-state index contributed by atoms with van der Waals surface area (Å²) in [5.41, 5.74) is 0. The Kier molecular flexibility index (Phi) is 6.28. The van der Waals surface area contributed by atoms with Crippen LogP contribution in [-0.2, 0) is 4.57 Å². The molecule has 0 spiro atoms. The van der Waals surface area contributed by atoms with Gasteiger partial charge in [0, 0.05) is 16.3 Å². The van der Waals surface area contributed by atoms with Gasteiger partial charge in [-0.2, -0.15) is 0 Å². The van der Waals surface area contributed by atoms with E-state index in [1.54, 1.807) is 0 Å². The van der Waals surface area contributed by atoms with Gasteiger partial charge >= 0.3 is 7.60 Å². The van der Waals surface area contributed by atoms with Gasteiger partial charge in [-0.3, -0.25) is 4.57 Å². The molecule has 0 bridgehead atoms. The Morgan fingerprint density at radius 1 is 1.45 bits per heavy atom. The molecule has 0 aliphatic carbocycles. The van der Waals surface area contributed by atoms with Crippen LogP contribution in [0.3, 0.4) is 0 Å². The molecule has 0 radical (unpaired) electrons. The number of rotatable bonds is 5. The summed E-state index contributed by atoms with van der Waals surface area (Å²) in [7, 11) is -3.77. The highest BCUT2D eigenvalue weighted by atomic mass is 79.9. The molecule has 0 amide bonds. The Hall–Kier alpha value is 1.11. The largest absolute Gasteiger partial charge is 0.325 e. The third-order valence-corrected chi connectivity index (χ3v) is 4.47. The Balaban J connectivity index is 3.35. The summed E-state index contributed by atoms with van der Waals surface area (Å²) in [6, 6.07) is 0. The quantitative estimate of drug-likeness (QED) is 0.604. The molecule has 0 fully saturated rings. The maximum atomic E-state index is 10.4. The second-order valence-corrected chi connectivity index (χ2v) is 6.00. The SMILES string of the molecule is O=P(O)(O)CCCC(Br)CBr. The van der Waals surface area contributed by atoms with Gasteiger partial charge in [-0.25, -0.2) is 0 Å². The minimum Gasteiger partial charge on any atom is -0.324 e. The fourth-order valence-electron chi connectivity index (χ4n) is 0.596. The summed E-state index contributed by atoms with van der Waals surface area (Å²) in [4.78, 5) is 17.3. The first-order valence-electron chi connectivity index (χ1n) is 3.20. The van der Waals surface area contributed by atoms with Crippen molar-refractivity contribution in [3.63, 3.8) is 0 Å². The Morgan fingerprint density at radius 3 is 2.36 bits per heavy atom. The highest BCUT2D eigenvalue weighted by molar-refractivity contribution is 9.12. The lowest BCUT2D eigenvalue weighted by atomic mass is 10.3. The summed E-state index contributed by atoms with van der Waals surface area (Å²) in [6.07, 6.45) is 1.34. The van der Waals surface area contributed by atoms with E-state index >= 15 is 0 Å². The summed E-state index contributed by atoms with van der Waals surface area (Å²) < 4.78 is 10.4. The first kappa shape index (κ1) is 12.1. The molecule has 0 saturated carbocycles. The fraction of sp³-hybridized carbons (Fsp3) is 1.00. The van der Waals surface area contributed by atoms with E-state index in [0.29, 0.717) is 11.2 Å². The first-order chi connectivity index (χ1) is 4.95. The molecule has 1 atom stereocenters. The van der Waals surface area contributed by atoms with E-state index in [4.69, 9.17) is 9.79 Å². The van der Waals surface area contributed by atoms with Gasteiger partial charge in [-0.15, -0.1) is 0 Å². The number of alkyl halides is 2. The third kappa shape index (κ3) is 9.02. The molecule has 0 aliphatic heterocycles. The predicted octanol–water partition coefficient (Wildman–Crippen LogP) is 2.10. The second kappa shape index (κ2) is 5.70. The molecule has 0 aromatic carbocycles. The van der Waals surface area contributed by atoms with Crippen LogP contribution < -0.4 is 0 Å². The molecule has 11 heavy (non-hydrogen) atoms. The summed E-state index contributed by atoms with van der Waals surface area (Å²) in [5.74, 6) is 0. The smallest absolute Gasteiger partial charge is 0.324 e. The van der Waals surface area contributed by atoms with Crippen molar-refractivity contribution in [2.24, 2.45) is 0 Å². The highest BCUT2D eigenvalue weighted by Crippen LogP contribution is 2.35. The van der Waals surface area contributed by atoms with Crippen LogP contribution in [0.4, 0.5) is 0 Å². The van der Waals surface area contributed by atoms with E-state index in [2.05, 4.69) is 31.9 Å². The van der Waals surface area contributed by atoms with Gasteiger partial charge in [0.2, 0.25) is 0 Å². The van der Waals surface area contributed by atoms with Crippen LogP contribution in [-0.4, -0.2) is 26.1 Å². The van der Waals surface area contributed by atoms with Crippen LogP contribution in [0, 0.1) is 0 Å². The van der Waals surface area contributed by atoms with Crippen molar-refractivity contribution in [1.82, 2.24) is 0 Å². The molecule has 2 N–H and O–H groups in total. The normalized spacial score (nSPS) is 14.9. The fourth-order valence-corrected chi connectivity index (χ4v) is 1.84. The Morgan fingerprint density at radius 2 is 2.00 bits per heavy atom. The van der Waals surface area contributed by atoms with Crippen molar-refractivity contribution in [2.45, 2.75) is 17.7 Å². The average molecular weight is 310 g/mol. The lowest BCUT2D eigenvalue weighted by Crippen LogP contribution is -2.00. The van der Waals surface area contributed by atoms with Gasteiger partial charge in [0.1, 0.15) is 0 Å². The topological polar surface area (TPSA) is 57.5 Å². The van der Waals surface area contributed by atoms with Crippen LogP contribution in [0.25, 0.3) is 0 Å². The standard InChI is InChI=1S/C5H11Br2O3P/c6-4-5(7)2-1-3-11(8,9)10/h5H,1-4H2,(H2,8,9,10). The molecule has 1 unspecified atom stereocenters. The lowest BCUT2D eigenvalue weighted by Gasteiger charge is -2.05. The number of halogens is 2. The lowest BCUT2D eigenvalue weighted by molar-refractivity contribution is 0.371. The predicted molar refractivity (Wildman–Crippen MR) is 52.7 cm³/mol. The molecule has 0 rings (SSSR count). The van der Waals surface area contributed by atoms with E-state index in [1.807, 2.05) is 0 Å². The molecule has 0 aromatic heterocycles. The van der Waals surface area contributed by atoms with Crippen LogP contribution >= 0.6 is 39.5 Å². The Bertz CT molecular complexity index is 147. The van der Waals surface area contributed by atoms with Crippen molar-refractivity contribution >= 4 is 39.5 Å². The maximum Gasteiger partial charge on any atom is 0.325 e. The molecule has 68 valence electrons. The van der Waals surface area contributed by atoms with Gasteiger partial charge in [0.25, 0.3) is 0 Å². The zero-order chi connectivity index (χ0) is 8.91. The van der Waals surface area contributed by atoms with E-state index in [0.717, 1.165) is 11.8 Å². The molecule has 0 aliphatic rings. The van der Waals surface area contributed by atoms with Crippen LogP contribution in [0.15, 0.2) is 0 Å². The minimum atomic E-state index is -3.77. The van der Waals surface area contributed by atoms with E-state index in [1.165, 1.54) is 0 Å². The minimum absolute atomic E-state index is 0.0118.